The average Bonchev–Trinajstić information content (AvgIpc) is 2.49. The van der Waals surface area contributed by atoms with Gasteiger partial charge >= 0.3 is 5.97 Å². The van der Waals surface area contributed by atoms with Crippen LogP contribution in [0.2, 0.25) is 0 Å². The third kappa shape index (κ3) is 1.37. The van der Waals surface area contributed by atoms with E-state index in [1.807, 2.05) is 0 Å². The van der Waals surface area contributed by atoms with Crippen LogP contribution in [0.3, 0.4) is 0 Å². The Morgan fingerprint density at radius 2 is 2.14 bits per heavy atom. The van der Waals surface area contributed by atoms with Crippen LogP contribution in [-0.2, 0) is 9.53 Å². The Balaban J connectivity index is 2.26. The number of carbonyl (C=O) groups is 1. The Labute approximate surface area is 85.3 Å². The van der Waals surface area contributed by atoms with Crippen LogP contribution in [0.15, 0.2) is 12.2 Å². The largest absolute Gasteiger partial charge is 0.465 e. The summed E-state index contributed by atoms with van der Waals surface area (Å²) in [7, 11) is 0. The molecule has 0 aromatic heterocycles. The van der Waals surface area contributed by atoms with Crippen molar-refractivity contribution in [3.05, 3.63) is 12.2 Å². The molecule has 14 heavy (non-hydrogen) atoms. The van der Waals surface area contributed by atoms with Gasteiger partial charge < -0.3 is 4.74 Å². The number of esters is 1. The number of rotatable bonds is 1. The van der Waals surface area contributed by atoms with Gasteiger partial charge in [-0.2, -0.15) is 0 Å². The fourth-order valence-corrected chi connectivity index (χ4v) is 2.79. The van der Waals surface area contributed by atoms with Crippen LogP contribution in [0.5, 0.6) is 0 Å². The van der Waals surface area contributed by atoms with E-state index in [0.29, 0.717) is 30.3 Å². The Morgan fingerprint density at radius 1 is 1.43 bits per heavy atom. The summed E-state index contributed by atoms with van der Waals surface area (Å²) < 4.78 is 5.17. The summed E-state index contributed by atoms with van der Waals surface area (Å²) in [5, 5.41) is 0. The van der Waals surface area contributed by atoms with Gasteiger partial charge in [0.2, 0.25) is 0 Å². The molecule has 0 saturated carbocycles. The molecule has 78 valence electrons. The van der Waals surface area contributed by atoms with E-state index in [4.69, 9.17) is 4.74 Å². The Bertz CT molecular complexity index is 267. The molecule has 0 aromatic rings. The predicted molar refractivity (Wildman–Crippen MR) is 54.6 cm³/mol. The van der Waals surface area contributed by atoms with Crippen LogP contribution in [-0.4, -0.2) is 12.6 Å². The van der Waals surface area contributed by atoms with Gasteiger partial charge in [-0.25, -0.2) is 0 Å². The zero-order chi connectivity index (χ0) is 10.3. The number of hydrogen-bond acceptors (Lipinski definition) is 2. The molecule has 1 fully saturated rings. The Morgan fingerprint density at radius 3 is 2.79 bits per heavy atom. The molecule has 0 N–H and O–H groups in total. The molecule has 4 unspecified atom stereocenters. The van der Waals surface area contributed by atoms with E-state index in [1.165, 1.54) is 0 Å². The predicted octanol–water partition coefficient (Wildman–Crippen LogP) is 2.25. The van der Waals surface area contributed by atoms with E-state index in [0.717, 1.165) is 0 Å². The highest BCUT2D eigenvalue weighted by Gasteiger charge is 2.45. The van der Waals surface area contributed by atoms with Gasteiger partial charge in [0.1, 0.15) is 0 Å². The molecule has 1 aliphatic heterocycles. The van der Waals surface area contributed by atoms with Gasteiger partial charge in [0, 0.05) is 5.92 Å². The van der Waals surface area contributed by atoms with Gasteiger partial charge in [-0.1, -0.05) is 32.9 Å². The lowest BCUT2D eigenvalue weighted by atomic mass is 9.69. The topological polar surface area (TPSA) is 26.3 Å². The second kappa shape index (κ2) is 3.41. The molecule has 0 bridgehead atoms. The summed E-state index contributed by atoms with van der Waals surface area (Å²) >= 11 is 0. The third-order valence-corrected chi connectivity index (χ3v) is 3.62. The van der Waals surface area contributed by atoms with Crippen molar-refractivity contribution in [2.45, 2.75) is 20.8 Å². The smallest absolute Gasteiger partial charge is 0.309 e. The minimum Gasteiger partial charge on any atom is -0.465 e. The molecule has 2 rings (SSSR count). The quantitative estimate of drug-likeness (QED) is 0.473. The molecule has 4 atom stereocenters. The highest BCUT2D eigenvalue weighted by Crippen LogP contribution is 2.42. The summed E-state index contributed by atoms with van der Waals surface area (Å²) in [5.74, 6) is 2.01. The van der Waals surface area contributed by atoms with Crippen molar-refractivity contribution in [1.82, 2.24) is 0 Å². The zero-order valence-corrected chi connectivity index (χ0v) is 9.07. The van der Waals surface area contributed by atoms with Gasteiger partial charge in [0.15, 0.2) is 0 Å². The van der Waals surface area contributed by atoms with Crippen molar-refractivity contribution >= 4 is 5.97 Å². The molecule has 0 spiro atoms. The van der Waals surface area contributed by atoms with Gasteiger partial charge in [0.05, 0.1) is 12.5 Å². The first-order valence-electron chi connectivity index (χ1n) is 5.46. The summed E-state index contributed by atoms with van der Waals surface area (Å²) in [4.78, 5) is 11.5. The summed E-state index contributed by atoms with van der Waals surface area (Å²) in [5.41, 5.74) is 0. The van der Waals surface area contributed by atoms with Gasteiger partial charge in [0.25, 0.3) is 0 Å². The summed E-state index contributed by atoms with van der Waals surface area (Å²) in [6.45, 7) is 7.16. The fourth-order valence-electron chi connectivity index (χ4n) is 2.79. The monoisotopic (exact) mass is 194 g/mol. The maximum Gasteiger partial charge on any atom is 0.309 e. The van der Waals surface area contributed by atoms with E-state index < -0.39 is 0 Å². The highest BCUT2D eigenvalue weighted by atomic mass is 16.5. The maximum absolute atomic E-state index is 11.5. The van der Waals surface area contributed by atoms with Crippen molar-refractivity contribution in [3.63, 3.8) is 0 Å². The second-order valence-electron chi connectivity index (χ2n) is 4.89. The molecule has 2 aliphatic rings. The minimum atomic E-state index is 0.0116. The number of ether oxygens (including phenoxy) is 1. The summed E-state index contributed by atoms with van der Waals surface area (Å²) in [6.07, 6.45) is 4.46. The molecular weight excluding hydrogens is 176 g/mol. The van der Waals surface area contributed by atoms with Crippen LogP contribution < -0.4 is 0 Å². The van der Waals surface area contributed by atoms with Crippen LogP contribution in [0.4, 0.5) is 0 Å². The van der Waals surface area contributed by atoms with Gasteiger partial charge in [-0.05, 0) is 17.8 Å². The number of allylic oxidation sites excluding steroid dienone is 2. The Hall–Kier alpha value is -0.790. The molecule has 0 aromatic carbocycles. The van der Waals surface area contributed by atoms with Crippen molar-refractivity contribution in [3.8, 4) is 0 Å². The van der Waals surface area contributed by atoms with Crippen molar-refractivity contribution in [2.75, 3.05) is 6.61 Å². The molecule has 1 aliphatic carbocycles. The van der Waals surface area contributed by atoms with Crippen LogP contribution >= 0.6 is 0 Å². The average molecular weight is 194 g/mol. The van der Waals surface area contributed by atoms with Crippen LogP contribution in [0.25, 0.3) is 0 Å². The molecular formula is C12H18O2. The molecule has 0 amide bonds. The SMILES string of the molecule is CC(C)C1C=CC(C)C2C(=O)OCC12. The lowest BCUT2D eigenvalue weighted by Gasteiger charge is -2.32. The van der Waals surface area contributed by atoms with Crippen molar-refractivity contribution in [2.24, 2.45) is 29.6 Å². The number of fused-ring (bicyclic) bond motifs is 1. The minimum absolute atomic E-state index is 0.0116. The molecule has 1 saturated heterocycles. The van der Waals surface area contributed by atoms with Gasteiger partial charge in [-0.3, -0.25) is 4.79 Å². The fraction of sp³-hybridized carbons (Fsp3) is 0.750. The highest BCUT2D eigenvalue weighted by molar-refractivity contribution is 5.75. The van der Waals surface area contributed by atoms with Gasteiger partial charge in [-0.15, -0.1) is 0 Å². The van der Waals surface area contributed by atoms with E-state index >= 15 is 0 Å². The van der Waals surface area contributed by atoms with Crippen LogP contribution in [0, 0.1) is 29.6 Å². The normalized spacial score (nSPS) is 41.3. The molecule has 0 radical (unpaired) electrons. The zero-order valence-electron chi connectivity index (χ0n) is 9.07. The molecule has 2 heteroatoms. The van der Waals surface area contributed by atoms with E-state index in [1.54, 1.807) is 0 Å². The lowest BCUT2D eigenvalue weighted by Crippen LogP contribution is -2.33. The molecule has 2 nitrogen and oxygen atoms in total. The van der Waals surface area contributed by atoms with Crippen molar-refractivity contribution < 1.29 is 9.53 Å². The number of hydrogen-bond donors (Lipinski definition) is 0. The first-order chi connectivity index (χ1) is 6.61. The first-order valence-corrected chi connectivity index (χ1v) is 5.46. The molecule has 1 heterocycles. The van der Waals surface area contributed by atoms with Crippen molar-refractivity contribution in [1.29, 1.82) is 0 Å². The number of carbonyl (C=O) groups excluding carboxylic acids is 1. The maximum atomic E-state index is 11.5. The summed E-state index contributed by atoms with van der Waals surface area (Å²) in [6, 6.07) is 0. The van der Waals surface area contributed by atoms with E-state index in [-0.39, 0.29) is 11.9 Å². The second-order valence-corrected chi connectivity index (χ2v) is 4.89. The lowest BCUT2D eigenvalue weighted by molar-refractivity contribution is -0.142. The van der Waals surface area contributed by atoms with E-state index in [9.17, 15) is 4.79 Å². The van der Waals surface area contributed by atoms with Crippen LogP contribution in [0.1, 0.15) is 20.8 Å². The first kappa shape index (κ1) is 9.75. The standard InChI is InChI=1S/C12H18O2/c1-7(2)9-5-4-8(3)11-10(9)6-14-12(11)13/h4-5,7-11H,6H2,1-3H3. The Kier molecular flexibility index (Phi) is 2.38. The third-order valence-electron chi connectivity index (χ3n) is 3.62. The van der Waals surface area contributed by atoms with E-state index in [2.05, 4.69) is 32.9 Å². The number of cyclic esters (lactones) is 1.